The molecule has 12 heteroatoms. The van der Waals surface area contributed by atoms with E-state index in [1.165, 1.54) is 12.1 Å². The summed E-state index contributed by atoms with van der Waals surface area (Å²) in [7, 11) is 0. The highest BCUT2D eigenvalue weighted by atomic mass is 16.5. The van der Waals surface area contributed by atoms with Crippen LogP contribution in [0.3, 0.4) is 0 Å². The van der Waals surface area contributed by atoms with Gasteiger partial charge in [-0.15, -0.1) is 0 Å². The Morgan fingerprint density at radius 1 is 0.705 bits per heavy atom. The Morgan fingerprint density at radius 3 is 1.84 bits per heavy atom. The third kappa shape index (κ3) is 12.5. The standard InChI is InChI=1S/C32H45N5O7/c1-20(2)15-26(37-44)31(43)36-25(17-21-9-7-6-8-10-21)30(42)34-18-27(39)33-19-28(40)35-24(29(41)32(3,4)5)16-22-11-13-23(38)14-12-22/h6-14,20,24-26,37-38,44H,15-19H2,1-5H3,(H,33,39)(H,34,42)(H,35,40)(H,36,43)/t24-,25-,26-/m0/s1. The second-order valence-electron chi connectivity index (χ2n) is 12.2. The summed E-state index contributed by atoms with van der Waals surface area (Å²) in [5.74, 6) is -2.44. The molecule has 0 unspecified atom stereocenters. The molecule has 0 fully saturated rings. The predicted molar refractivity (Wildman–Crippen MR) is 164 cm³/mol. The molecule has 2 aromatic carbocycles. The fourth-order valence-electron chi connectivity index (χ4n) is 4.40. The van der Waals surface area contributed by atoms with E-state index in [1.807, 2.05) is 25.4 Å². The zero-order valence-corrected chi connectivity index (χ0v) is 26.0. The molecule has 7 N–H and O–H groups in total. The summed E-state index contributed by atoms with van der Waals surface area (Å²) in [5.41, 5.74) is 2.76. The van der Waals surface area contributed by atoms with Gasteiger partial charge in [0.25, 0.3) is 0 Å². The Bertz CT molecular complexity index is 1260. The number of hydrogen-bond donors (Lipinski definition) is 7. The molecule has 0 heterocycles. The van der Waals surface area contributed by atoms with Crippen LogP contribution in [0.2, 0.25) is 0 Å². The summed E-state index contributed by atoms with van der Waals surface area (Å²) in [6.07, 6.45) is 0.681. The minimum absolute atomic E-state index is 0.0811. The smallest absolute Gasteiger partial charge is 0.243 e. The average molecular weight is 612 g/mol. The molecule has 12 nitrogen and oxygen atoms in total. The molecule has 0 spiro atoms. The van der Waals surface area contributed by atoms with Crippen molar-refractivity contribution in [3.8, 4) is 5.75 Å². The Labute approximate surface area is 258 Å². The molecule has 4 amide bonds. The highest BCUT2D eigenvalue weighted by Crippen LogP contribution is 2.20. The Hall–Kier alpha value is -4.29. The van der Waals surface area contributed by atoms with Crippen LogP contribution in [0.4, 0.5) is 0 Å². The number of phenols is 1. The van der Waals surface area contributed by atoms with E-state index in [-0.39, 0.29) is 30.3 Å². The van der Waals surface area contributed by atoms with Crippen molar-refractivity contribution < 1.29 is 34.3 Å². The fraction of sp³-hybridized carbons (Fsp3) is 0.469. The van der Waals surface area contributed by atoms with Crippen LogP contribution in [0.1, 0.15) is 52.2 Å². The Kier molecular flexibility index (Phi) is 14.0. The van der Waals surface area contributed by atoms with Gasteiger partial charge in [-0.1, -0.05) is 77.1 Å². The van der Waals surface area contributed by atoms with Gasteiger partial charge in [-0.05, 0) is 42.0 Å². The summed E-state index contributed by atoms with van der Waals surface area (Å²) < 4.78 is 0. The molecule has 0 saturated carbocycles. The second kappa shape index (κ2) is 17.1. The quantitative estimate of drug-likeness (QED) is 0.139. The summed E-state index contributed by atoms with van der Waals surface area (Å²) in [6.45, 7) is 8.13. The molecule has 0 aliphatic heterocycles. The number of hydroxylamine groups is 1. The number of rotatable bonds is 16. The van der Waals surface area contributed by atoms with Gasteiger partial charge in [0.15, 0.2) is 5.78 Å². The van der Waals surface area contributed by atoms with Crippen LogP contribution >= 0.6 is 0 Å². The van der Waals surface area contributed by atoms with Crippen molar-refractivity contribution >= 4 is 29.4 Å². The van der Waals surface area contributed by atoms with Crippen molar-refractivity contribution in [3.63, 3.8) is 0 Å². The number of aromatic hydroxyl groups is 1. The van der Waals surface area contributed by atoms with Gasteiger partial charge in [0.2, 0.25) is 23.6 Å². The van der Waals surface area contributed by atoms with Crippen molar-refractivity contribution in [1.29, 1.82) is 0 Å². The summed E-state index contributed by atoms with van der Waals surface area (Å²) in [6, 6.07) is 12.5. The maximum atomic E-state index is 13.0. The molecule has 0 aliphatic carbocycles. The van der Waals surface area contributed by atoms with Crippen molar-refractivity contribution in [2.45, 2.75) is 72.0 Å². The fourth-order valence-corrected chi connectivity index (χ4v) is 4.40. The van der Waals surface area contributed by atoms with E-state index in [9.17, 15) is 34.3 Å². The van der Waals surface area contributed by atoms with E-state index < -0.39 is 60.3 Å². The Balaban J connectivity index is 1.98. The van der Waals surface area contributed by atoms with E-state index in [0.29, 0.717) is 6.42 Å². The van der Waals surface area contributed by atoms with Crippen LogP contribution in [0.5, 0.6) is 5.75 Å². The topological polar surface area (TPSA) is 186 Å². The highest BCUT2D eigenvalue weighted by Gasteiger charge is 2.31. The van der Waals surface area contributed by atoms with Crippen LogP contribution in [0, 0.1) is 11.3 Å². The largest absolute Gasteiger partial charge is 0.508 e. The van der Waals surface area contributed by atoms with Crippen molar-refractivity contribution in [2.75, 3.05) is 13.1 Å². The van der Waals surface area contributed by atoms with Gasteiger partial charge in [0, 0.05) is 11.8 Å². The van der Waals surface area contributed by atoms with E-state index >= 15 is 0 Å². The van der Waals surface area contributed by atoms with Gasteiger partial charge in [-0.25, -0.2) is 0 Å². The third-order valence-electron chi connectivity index (χ3n) is 6.73. The number of hydrogen-bond acceptors (Lipinski definition) is 8. The van der Waals surface area contributed by atoms with Gasteiger partial charge in [0.1, 0.15) is 17.8 Å². The second-order valence-corrected chi connectivity index (χ2v) is 12.2. The number of phenolic OH excluding ortho intramolecular Hbond substituents is 1. The molecular formula is C32H45N5O7. The van der Waals surface area contributed by atoms with Crippen molar-refractivity contribution in [2.24, 2.45) is 11.3 Å². The predicted octanol–water partition coefficient (Wildman–Crippen LogP) is 1.39. The number of Topliss-reactive ketones (excluding diaryl/α,β-unsaturated/α-hetero) is 1. The van der Waals surface area contributed by atoms with Crippen molar-refractivity contribution in [3.05, 3.63) is 65.7 Å². The van der Waals surface area contributed by atoms with Crippen molar-refractivity contribution in [1.82, 2.24) is 26.7 Å². The van der Waals surface area contributed by atoms with Crippen LogP contribution in [0.15, 0.2) is 54.6 Å². The molecule has 2 rings (SSSR count). The summed E-state index contributed by atoms with van der Waals surface area (Å²) in [5, 5.41) is 29.2. The number of carbonyl (C=O) groups excluding carboxylic acids is 5. The van der Waals surface area contributed by atoms with Gasteiger partial charge in [0.05, 0.1) is 19.1 Å². The SMILES string of the molecule is CC(C)C[C@H](NO)C(=O)N[C@@H](Cc1ccccc1)C(=O)NCC(=O)NCC(=O)N[C@@H](Cc1ccc(O)cc1)C(=O)C(C)(C)C. The third-order valence-corrected chi connectivity index (χ3v) is 6.73. The van der Waals surface area contributed by atoms with Crippen LogP contribution < -0.4 is 26.7 Å². The minimum atomic E-state index is -1.03. The summed E-state index contributed by atoms with van der Waals surface area (Å²) in [4.78, 5) is 64.1. The van der Waals surface area contributed by atoms with E-state index in [4.69, 9.17) is 0 Å². The van der Waals surface area contributed by atoms with Crippen LogP contribution in [0.25, 0.3) is 0 Å². The molecule has 3 atom stereocenters. The first kappa shape index (κ1) is 35.9. The first-order valence-electron chi connectivity index (χ1n) is 14.6. The Morgan fingerprint density at radius 2 is 1.27 bits per heavy atom. The molecule has 0 aromatic heterocycles. The molecule has 0 saturated heterocycles. The lowest BCUT2D eigenvalue weighted by atomic mass is 9.84. The van der Waals surface area contributed by atoms with Crippen LogP contribution in [-0.4, -0.2) is 70.9 Å². The van der Waals surface area contributed by atoms with Gasteiger partial charge in [-0.3, -0.25) is 24.0 Å². The number of ketones is 1. The average Bonchev–Trinajstić information content (AvgIpc) is 2.97. The minimum Gasteiger partial charge on any atom is -0.508 e. The first-order chi connectivity index (χ1) is 20.7. The molecule has 0 bridgehead atoms. The molecule has 0 radical (unpaired) electrons. The number of nitrogens with one attached hydrogen (secondary N) is 5. The zero-order chi connectivity index (χ0) is 32.9. The van der Waals surface area contributed by atoms with Gasteiger partial charge >= 0.3 is 0 Å². The zero-order valence-electron chi connectivity index (χ0n) is 26.0. The monoisotopic (exact) mass is 611 g/mol. The lowest BCUT2D eigenvalue weighted by molar-refractivity contribution is -0.133. The van der Waals surface area contributed by atoms with E-state index in [0.717, 1.165) is 11.1 Å². The lowest BCUT2D eigenvalue weighted by Crippen LogP contribution is -2.54. The van der Waals surface area contributed by atoms with Gasteiger partial charge in [-0.2, -0.15) is 5.48 Å². The van der Waals surface area contributed by atoms with E-state index in [1.54, 1.807) is 57.2 Å². The number of carbonyl (C=O) groups is 5. The molecule has 2 aromatic rings. The number of benzene rings is 2. The normalized spacial score (nSPS) is 13.3. The van der Waals surface area contributed by atoms with E-state index in [2.05, 4.69) is 21.3 Å². The first-order valence-corrected chi connectivity index (χ1v) is 14.6. The molecule has 240 valence electrons. The number of amides is 4. The maximum Gasteiger partial charge on any atom is 0.243 e. The van der Waals surface area contributed by atoms with Gasteiger partial charge < -0.3 is 31.6 Å². The molecule has 0 aliphatic rings. The summed E-state index contributed by atoms with van der Waals surface area (Å²) >= 11 is 0. The maximum absolute atomic E-state index is 13.0. The highest BCUT2D eigenvalue weighted by molar-refractivity contribution is 5.95. The lowest BCUT2D eigenvalue weighted by Gasteiger charge is -2.25. The molecule has 44 heavy (non-hydrogen) atoms. The molecular weight excluding hydrogens is 566 g/mol. The van der Waals surface area contributed by atoms with Crippen LogP contribution in [-0.2, 0) is 36.8 Å².